The number of thiazole rings is 1. The highest BCUT2D eigenvalue weighted by molar-refractivity contribution is 7.13. The molecule has 0 bridgehead atoms. The molecule has 1 aromatic carbocycles. The Hall–Kier alpha value is -4.65. The van der Waals surface area contributed by atoms with Crippen LogP contribution >= 0.6 is 11.3 Å². The molecule has 0 unspecified atom stereocenters. The summed E-state index contributed by atoms with van der Waals surface area (Å²) in [6.07, 6.45) is -0.223. The first kappa shape index (κ1) is 24.7. The molecule has 0 saturated carbocycles. The summed E-state index contributed by atoms with van der Waals surface area (Å²) in [6.45, 7) is 3.33. The van der Waals surface area contributed by atoms with Crippen molar-refractivity contribution < 1.29 is 18.0 Å². The number of nitrogens with one attached hydrogen (secondary N) is 2. The molecule has 5 heterocycles. The monoisotopic (exact) mass is 548 g/mol. The van der Waals surface area contributed by atoms with Crippen LogP contribution in [-0.2, 0) is 12.7 Å². The van der Waals surface area contributed by atoms with Crippen molar-refractivity contribution in [1.29, 1.82) is 0 Å². The number of rotatable bonds is 4. The fraction of sp³-hybridized carbons (Fsp3) is 0.154. The second-order valence-corrected chi connectivity index (χ2v) is 9.64. The number of halogens is 3. The number of fused-ring (bicyclic) bond motifs is 3. The van der Waals surface area contributed by atoms with Crippen LogP contribution in [0.2, 0.25) is 0 Å². The molecular formula is C26H19F3N8OS. The quantitative estimate of drug-likeness (QED) is 0.322. The highest BCUT2D eigenvalue weighted by Gasteiger charge is 2.31. The van der Waals surface area contributed by atoms with E-state index in [9.17, 15) is 18.0 Å². The van der Waals surface area contributed by atoms with E-state index in [0.29, 0.717) is 29.5 Å². The molecule has 196 valence electrons. The summed E-state index contributed by atoms with van der Waals surface area (Å²) in [5.74, 6) is 0.839. The maximum Gasteiger partial charge on any atom is 0.416 e. The Morgan fingerprint density at radius 3 is 2.77 bits per heavy atom. The van der Waals surface area contributed by atoms with Crippen LogP contribution in [0.4, 0.5) is 29.8 Å². The molecule has 2 aromatic heterocycles. The second kappa shape index (κ2) is 9.58. The van der Waals surface area contributed by atoms with Gasteiger partial charge in [-0.1, -0.05) is 6.07 Å². The van der Waals surface area contributed by atoms with Gasteiger partial charge < -0.3 is 15.2 Å². The minimum atomic E-state index is -4.57. The SMILES string of the molecule is Cc1ccc(NC(=O)c2cc(C(F)(F)F)ccn2)cc1-c1cc2cn/c(=N/c3nccs3)nc-2n2c1NCC2. The molecule has 0 radical (unpaired) electrons. The molecule has 0 spiro atoms. The molecule has 0 saturated heterocycles. The van der Waals surface area contributed by atoms with E-state index in [1.165, 1.54) is 11.3 Å². The molecule has 39 heavy (non-hydrogen) atoms. The van der Waals surface area contributed by atoms with E-state index in [2.05, 4.69) is 40.1 Å². The van der Waals surface area contributed by atoms with Crippen molar-refractivity contribution in [3.8, 4) is 22.5 Å². The van der Waals surface area contributed by atoms with Gasteiger partial charge in [-0.15, -0.1) is 11.3 Å². The highest BCUT2D eigenvalue weighted by Crippen LogP contribution is 2.39. The summed E-state index contributed by atoms with van der Waals surface area (Å²) in [7, 11) is 0. The van der Waals surface area contributed by atoms with Gasteiger partial charge in [-0.25, -0.2) is 9.97 Å². The first-order valence-electron chi connectivity index (χ1n) is 11.8. The number of nitrogens with zero attached hydrogens (tertiary/aromatic N) is 6. The lowest BCUT2D eigenvalue weighted by molar-refractivity contribution is -0.137. The molecule has 3 aromatic rings. The average Bonchev–Trinajstić information content (AvgIpc) is 3.62. The zero-order valence-corrected chi connectivity index (χ0v) is 21.1. The van der Waals surface area contributed by atoms with Crippen LogP contribution in [0.5, 0.6) is 0 Å². The van der Waals surface area contributed by atoms with E-state index >= 15 is 0 Å². The molecule has 9 nitrogen and oxygen atoms in total. The standard InChI is InChI=1S/C26H19F3N8OS/c1-14-2-3-17(34-23(38)20-11-16(4-5-30-20)26(27,28)29)12-18(14)19-10-15-13-33-24(36-25-32-7-9-39-25)35-21(15)37-8-6-31-22(19)37/h2-5,7,9-13,31H,6,8H2,1H3,(H,34,38)/b36-24-. The Morgan fingerprint density at radius 2 is 1.97 bits per heavy atom. The van der Waals surface area contributed by atoms with Gasteiger partial charge in [-0.2, -0.15) is 23.1 Å². The number of alkyl halides is 3. The fourth-order valence-electron chi connectivity index (χ4n) is 4.39. The summed E-state index contributed by atoms with van der Waals surface area (Å²) < 4.78 is 41.3. The van der Waals surface area contributed by atoms with Crippen molar-refractivity contribution >= 4 is 33.9 Å². The molecule has 1 amide bonds. The number of benzene rings is 1. The number of pyridine rings is 2. The van der Waals surface area contributed by atoms with Crippen LogP contribution in [0.15, 0.2) is 65.4 Å². The van der Waals surface area contributed by atoms with Crippen LogP contribution in [-0.4, -0.2) is 37.0 Å². The topological polar surface area (TPSA) is 110 Å². The minimum Gasteiger partial charge on any atom is -0.369 e. The number of carbonyl (C=O) groups is 1. The molecule has 3 aliphatic rings. The highest BCUT2D eigenvalue weighted by atomic mass is 32.1. The molecule has 3 aliphatic heterocycles. The van der Waals surface area contributed by atoms with Gasteiger partial charge in [0.2, 0.25) is 5.13 Å². The van der Waals surface area contributed by atoms with E-state index < -0.39 is 17.6 Å². The van der Waals surface area contributed by atoms with Crippen molar-refractivity contribution in [2.24, 2.45) is 4.99 Å². The number of hydrogen-bond acceptors (Lipinski definition) is 8. The molecule has 6 rings (SSSR count). The lowest BCUT2D eigenvalue weighted by Crippen LogP contribution is -2.17. The molecule has 0 aliphatic carbocycles. The first-order chi connectivity index (χ1) is 18.8. The average molecular weight is 549 g/mol. The van der Waals surface area contributed by atoms with Crippen LogP contribution in [0.3, 0.4) is 0 Å². The molecule has 2 N–H and O–H groups in total. The number of aromatic nitrogens is 5. The maximum atomic E-state index is 13.1. The van der Waals surface area contributed by atoms with Crippen LogP contribution < -0.4 is 16.3 Å². The Bertz CT molecular complexity index is 1750. The number of aryl methyl sites for hydroxylation is 1. The van der Waals surface area contributed by atoms with Gasteiger partial charge in [-0.3, -0.25) is 9.78 Å². The smallest absolute Gasteiger partial charge is 0.369 e. The third-order valence-electron chi connectivity index (χ3n) is 6.21. The lowest BCUT2D eigenvalue weighted by Gasteiger charge is -2.19. The predicted octanol–water partition coefficient (Wildman–Crippen LogP) is 5.14. The van der Waals surface area contributed by atoms with Crippen LogP contribution in [0, 0.1) is 6.92 Å². The van der Waals surface area contributed by atoms with Crippen molar-refractivity contribution in [2.45, 2.75) is 19.6 Å². The van der Waals surface area contributed by atoms with Gasteiger partial charge >= 0.3 is 6.18 Å². The Balaban J connectivity index is 1.38. The van der Waals surface area contributed by atoms with Gasteiger partial charge in [0.05, 0.1) is 5.56 Å². The Morgan fingerprint density at radius 1 is 1.10 bits per heavy atom. The van der Waals surface area contributed by atoms with E-state index in [1.54, 1.807) is 24.5 Å². The van der Waals surface area contributed by atoms with Gasteiger partial charge in [0.1, 0.15) is 17.3 Å². The normalized spacial score (nSPS) is 13.4. The van der Waals surface area contributed by atoms with E-state index in [4.69, 9.17) is 0 Å². The van der Waals surface area contributed by atoms with Crippen molar-refractivity contribution in [2.75, 3.05) is 17.2 Å². The van der Waals surface area contributed by atoms with Gasteiger partial charge in [0.15, 0.2) is 0 Å². The maximum absolute atomic E-state index is 13.1. The number of carbonyl (C=O) groups excluding carboxylic acids is 1. The number of hydrogen-bond donors (Lipinski definition) is 2. The minimum absolute atomic E-state index is 0.316. The summed E-state index contributed by atoms with van der Waals surface area (Å²) in [4.78, 5) is 34.2. The molecule has 13 heteroatoms. The van der Waals surface area contributed by atoms with Gasteiger partial charge in [-0.05, 0) is 48.4 Å². The first-order valence-corrected chi connectivity index (χ1v) is 12.7. The summed E-state index contributed by atoms with van der Waals surface area (Å²) >= 11 is 1.39. The number of amides is 1. The van der Waals surface area contributed by atoms with Crippen molar-refractivity contribution in [1.82, 2.24) is 24.5 Å². The van der Waals surface area contributed by atoms with Crippen molar-refractivity contribution in [3.63, 3.8) is 0 Å². The van der Waals surface area contributed by atoms with E-state index in [1.807, 2.05) is 24.4 Å². The zero-order valence-electron chi connectivity index (χ0n) is 20.3. The summed E-state index contributed by atoms with van der Waals surface area (Å²) in [6, 6.07) is 8.85. The van der Waals surface area contributed by atoms with E-state index in [0.717, 1.165) is 52.2 Å². The zero-order chi connectivity index (χ0) is 27.1. The molecular weight excluding hydrogens is 529 g/mol. The molecule has 0 fully saturated rings. The van der Waals surface area contributed by atoms with Gasteiger partial charge in [0.25, 0.3) is 11.5 Å². The van der Waals surface area contributed by atoms with Crippen LogP contribution in [0.1, 0.15) is 21.6 Å². The number of anilines is 2. The predicted molar refractivity (Wildman–Crippen MR) is 140 cm³/mol. The largest absolute Gasteiger partial charge is 0.416 e. The van der Waals surface area contributed by atoms with Crippen LogP contribution in [0.25, 0.3) is 22.5 Å². The summed E-state index contributed by atoms with van der Waals surface area (Å²) in [5, 5.41) is 8.49. The fourth-order valence-corrected chi connectivity index (χ4v) is 4.89. The third kappa shape index (κ3) is 4.83. The van der Waals surface area contributed by atoms with E-state index in [-0.39, 0.29) is 5.69 Å². The van der Waals surface area contributed by atoms with Gasteiger partial charge in [0, 0.05) is 53.9 Å². The lowest BCUT2D eigenvalue weighted by atomic mass is 9.98. The second-order valence-electron chi connectivity index (χ2n) is 8.77. The Labute approximate surface area is 223 Å². The third-order valence-corrected chi connectivity index (χ3v) is 6.88. The Kier molecular flexibility index (Phi) is 6.06. The summed E-state index contributed by atoms with van der Waals surface area (Å²) in [5.41, 5.74) is 2.93. The molecule has 0 atom stereocenters. The van der Waals surface area contributed by atoms with Crippen molar-refractivity contribution in [3.05, 3.63) is 82.8 Å².